The van der Waals surface area contributed by atoms with Gasteiger partial charge in [-0.25, -0.2) is 0 Å². The molecule has 7 heteroatoms. The van der Waals surface area contributed by atoms with E-state index in [4.69, 9.17) is 0 Å². The van der Waals surface area contributed by atoms with Gasteiger partial charge in [0.15, 0.2) is 0 Å². The monoisotopic (exact) mass is 490 g/mol. The van der Waals surface area contributed by atoms with Gasteiger partial charge in [0.2, 0.25) is 0 Å². The molecule has 196 valence electrons. The van der Waals surface area contributed by atoms with E-state index in [1.165, 1.54) is 30.4 Å². The highest BCUT2D eigenvalue weighted by molar-refractivity contribution is 5.43. The van der Waals surface area contributed by atoms with Crippen molar-refractivity contribution >= 4 is 0 Å². The molecule has 0 aromatic heterocycles. The fraction of sp³-hybridized carbons (Fsp3) is 0.571. The van der Waals surface area contributed by atoms with Crippen LogP contribution in [0, 0.1) is 0 Å². The average Bonchev–Trinajstić information content (AvgIpc) is 2.82. The Morgan fingerprint density at radius 2 is 1.03 bits per heavy atom. The summed E-state index contributed by atoms with van der Waals surface area (Å²) >= 11 is 0. The fourth-order valence-corrected chi connectivity index (χ4v) is 4.64. The van der Waals surface area contributed by atoms with E-state index in [-0.39, 0.29) is 18.3 Å². The quantitative estimate of drug-likeness (QED) is 0.258. The van der Waals surface area contributed by atoms with Gasteiger partial charge in [-0.05, 0) is 61.1 Å². The molecule has 0 bridgehead atoms. The molecule has 7 nitrogen and oxygen atoms in total. The number of hydrogen-bond acceptors (Lipinski definition) is 7. The van der Waals surface area contributed by atoms with Crippen LogP contribution in [0.4, 0.5) is 0 Å². The van der Waals surface area contributed by atoms with Crippen LogP contribution in [-0.4, -0.2) is 42.6 Å². The van der Waals surface area contributed by atoms with Crippen molar-refractivity contribution in [3.63, 3.8) is 0 Å². The molecule has 35 heavy (non-hydrogen) atoms. The number of aromatic hydroxyl groups is 2. The van der Waals surface area contributed by atoms with Crippen molar-refractivity contribution < 1.29 is 35.4 Å². The third kappa shape index (κ3) is 9.09. The molecule has 3 rings (SSSR count). The Hall–Kier alpha value is -2.16. The molecule has 0 unspecified atom stereocenters. The molecule has 0 saturated heterocycles. The maximum Gasteiger partial charge on any atom is 0.282 e. The van der Waals surface area contributed by atoms with Crippen molar-refractivity contribution in [2.45, 2.75) is 102 Å². The van der Waals surface area contributed by atoms with E-state index < -0.39 is 11.9 Å². The van der Waals surface area contributed by atoms with E-state index in [0.29, 0.717) is 24.3 Å². The molecule has 2 aromatic carbocycles. The molecule has 0 aliphatic heterocycles. The van der Waals surface area contributed by atoms with Crippen LogP contribution in [0.5, 0.6) is 11.5 Å². The summed E-state index contributed by atoms with van der Waals surface area (Å²) in [6, 6.07) is 15.2. The lowest BCUT2D eigenvalue weighted by Crippen LogP contribution is -2.44. The van der Waals surface area contributed by atoms with E-state index in [1.54, 1.807) is 24.3 Å². The van der Waals surface area contributed by atoms with Gasteiger partial charge in [-0.2, -0.15) is 0 Å². The van der Waals surface area contributed by atoms with E-state index >= 15 is 0 Å². The second-order valence-corrected chi connectivity index (χ2v) is 9.53. The Labute approximate surface area is 208 Å². The van der Waals surface area contributed by atoms with Crippen LogP contribution in [-0.2, 0) is 10.2 Å². The fourth-order valence-electron chi connectivity index (χ4n) is 4.64. The number of hydrogen-bond donors (Lipinski definition) is 6. The third-order valence-electron chi connectivity index (χ3n) is 6.59. The number of benzene rings is 2. The van der Waals surface area contributed by atoms with Gasteiger partial charge in [0, 0.05) is 18.3 Å². The lowest BCUT2D eigenvalue weighted by atomic mass is 9.65. The number of aliphatic hydroxyl groups is 4. The first kappa shape index (κ1) is 29.1. The van der Waals surface area contributed by atoms with Gasteiger partial charge in [0.1, 0.15) is 11.5 Å². The number of ether oxygens (including phenoxy) is 1. The van der Waals surface area contributed by atoms with E-state index in [2.05, 4.69) is 4.74 Å². The highest BCUT2D eigenvalue weighted by atomic mass is 16.9. The number of rotatable bonds is 10. The van der Waals surface area contributed by atoms with Gasteiger partial charge < -0.3 is 30.6 Å². The number of unbranched alkanes of at least 4 members (excludes halogenated alkanes) is 2. The highest BCUT2D eigenvalue weighted by Crippen LogP contribution is 2.45. The summed E-state index contributed by atoms with van der Waals surface area (Å²) in [5.74, 6) is -4.31. The minimum absolute atomic E-state index is 0.0274. The normalized spacial score (nSPS) is 15.8. The number of phenolic OH excluding ortho intramolecular Hbond substituents is 2. The van der Waals surface area contributed by atoms with Gasteiger partial charge in [0.05, 0.1) is 0 Å². The zero-order valence-electron chi connectivity index (χ0n) is 21.0. The number of phenols is 2. The Bertz CT molecular complexity index is 788. The van der Waals surface area contributed by atoms with Gasteiger partial charge in [-0.15, -0.1) is 0 Å². The van der Waals surface area contributed by atoms with Crippen molar-refractivity contribution in [2.24, 2.45) is 0 Å². The van der Waals surface area contributed by atoms with Crippen molar-refractivity contribution in [1.82, 2.24) is 0 Å². The summed E-state index contributed by atoms with van der Waals surface area (Å²) in [7, 11) is 0. The van der Waals surface area contributed by atoms with Gasteiger partial charge in [-0.1, -0.05) is 70.2 Å². The second kappa shape index (κ2) is 13.2. The molecule has 0 radical (unpaired) electrons. The van der Waals surface area contributed by atoms with Crippen molar-refractivity contribution in [2.75, 3.05) is 0 Å². The molecule has 1 saturated carbocycles. The molecule has 6 N–H and O–H groups in total. The Kier molecular flexibility index (Phi) is 11.0. The van der Waals surface area contributed by atoms with Crippen LogP contribution in [0.3, 0.4) is 0 Å². The summed E-state index contributed by atoms with van der Waals surface area (Å²) in [5, 5.41) is 56.2. The molecular formula is C28H42O7. The van der Waals surface area contributed by atoms with Crippen LogP contribution in [0.1, 0.15) is 95.6 Å². The summed E-state index contributed by atoms with van der Waals surface area (Å²) in [4.78, 5) is 0. The Morgan fingerprint density at radius 3 is 1.37 bits per heavy atom. The van der Waals surface area contributed by atoms with E-state index in [9.17, 15) is 30.6 Å². The minimum atomic E-state index is -2.47. The molecule has 2 aromatic rings. The highest BCUT2D eigenvalue weighted by Gasteiger charge is 2.36. The summed E-state index contributed by atoms with van der Waals surface area (Å²) in [5.41, 5.74) is 2.56. The van der Waals surface area contributed by atoms with Crippen LogP contribution >= 0.6 is 0 Å². The summed E-state index contributed by atoms with van der Waals surface area (Å²) in [6.07, 6.45) is 8.52. The maximum absolute atomic E-state index is 9.51. The Morgan fingerprint density at radius 1 is 0.657 bits per heavy atom. The predicted octanol–water partition coefficient (Wildman–Crippen LogP) is 5.01. The van der Waals surface area contributed by atoms with Gasteiger partial charge in [0.25, 0.3) is 11.9 Å². The Balaban J connectivity index is 0.000000260. The van der Waals surface area contributed by atoms with E-state index in [0.717, 1.165) is 25.7 Å². The first-order valence-corrected chi connectivity index (χ1v) is 12.7. The average molecular weight is 491 g/mol. The first-order valence-electron chi connectivity index (χ1n) is 12.7. The summed E-state index contributed by atoms with van der Waals surface area (Å²) in [6.45, 7) is 3.77. The van der Waals surface area contributed by atoms with E-state index in [1.807, 2.05) is 38.1 Å². The van der Waals surface area contributed by atoms with Crippen molar-refractivity contribution in [3.05, 3.63) is 59.7 Å². The van der Waals surface area contributed by atoms with Crippen LogP contribution in [0.15, 0.2) is 48.5 Å². The second-order valence-electron chi connectivity index (χ2n) is 9.53. The zero-order valence-corrected chi connectivity index (χ0v) is 21.0. The third-order valence-corrected chi connectivity index (χ3v) is 6.59. The van der Waals surface area contributed by atoms with Gasteiger partial charge in [-0.3, -0.25) is 4.74 Å². The lowest BCUT2D eigenvalue weighted by Gasteiger charge is -2.38. The topological polar surface area (TPSA) is 131 Å². The lowest BCUT2D eigenvalue weighted by molar-refractivity contribution is -0.473. The van der Waals surface area contributed by atoms with Crippen molar-refractivity contribution in [1.29, 1.82) is 0 Å². The SMILES string of the molecule is CCCCC(O)(O)OC(O)(O)CCCC.Oc1ccc(C2(c3ccc(O)cc3)CCCCC2)cc1. The minimum Gasteiger partial charge on any atom is -0.508 e. The van der Waals surface area contributed by atoms with Crippen LogP contribution in [0.25, 0.3) is 0 Å². The molecule has 1 aliphatic carbocycles. The van der Waals surface area contributed by atoms with Gasteiger partial charge >= 0.3 is 0 Å². The molecular weight excluding hydrogens is 448 g/mol. The van der Waals surface area contributed by atoms with Crippen molar-refractivity contribution in [3.8, 4) is 11.5 Å². The van der Waals surface area contributed by atoms with Crippen LogP contribution in [0.2, 0.25) is 0 Å². The predicted molar refractivity (Wildman–Crippen MR) is 135 cm³/mol. The largest absolute Gasteiger partial charge is 0.508 e. The first-order chi connectivity index (χ1) is 16.5. The molecule has 0 heterocycles. The summed E-state index contributed by atoms with van der Waals surface area (Å²) < 4.78 is 4.45. The molecule has 0 spiro atoms. The molecule has 1 aliphatic rings. The smallest absolute Gasteiger partial charge is 0.282 e. The maximum atomic E-state index is 9.51. The molecule has 0 atom stereocenters. The molecule has 1 fully saturated rings. The molecule has 0 amide bonds. The zero-order chi connectivity index (χ0) is 26.0. The standard InChI is InChI=1S/C18H20O2.C10H22O5/c19-16-8-4-14(5-9-16)18(12-2-1-3-13-18)15-6-10-17(20)11-7-15;1-3-5-7-9(11,12)15-10(13,14)8-6-4-2/h4-11,19-20H,1-3,12-13H2;11-14H,3-8H2,1-2H3. The van der Waals surface area contributed by atoms with Crippen LogP contribution < -0.4 is 0 Å².